The van der Waals surface area contributed by atoms with Crippen molar-refractivity contribution in [3.63, 3.8) is 0 Å². The minimum atomic E-state index is -0.466. The first-order valence-electron chi connectivity index (χ1n) is 4.66. The molecule has 78 valence electrons. The van der Waals surface area contributed by atoms with E-state index in [2.05, 4.69) is 16.9 Å². The van der Waals surface area contributed by atoms with E-state index in [1.165, 1.54) is 0 Å². The topological polar surface area (TPSA) is 44.6 Å². The van der Waals surface area contributed by atoms with Crippen molar-refractivity contribution in [3.8, 4) is 0 Å². The van der Waals surface area contributed by atoms with Gasteiger partial charge in [-0.25, -0.2) is 0 Å². The highest BCUT2D eigenvalue weighted by atomic mass is 31.1. The number of rotatable bonds is 4. The second-order valence-electron chi connectivity index (χ2n) is 3.18. The molecule has 3 atom stereocenters. The number of aliphatic hydroxyl groups excluding tert-OH is 1. The van der Waals surface area contributed by atoms with Crippen LogP contribution in [0, 0.1) is 0 Å². The molecule has 0 saturated carbocycles. The molecule has 0 bridgehead atoms. The molecule has 0 aliphatic carbocycles. The number of hydrogen-bond donors (Lipinski definition) is 2. The number of nitrogens with zero attached hydrogens (tertiary/aromatic N) is 1. The zero-order valence-electron chi connectivity index (χ0n) is 8.40. The third-order valence-corrected chi connectivity index (χ3v) is 3.35. The summed E-state index contributed by atoms with van der Waals surface area (Å²) in [5.74, 6) is 0. The zero-order valence-corrected chi connectivity index (χ0v) is 9.40. The van der Waals surface area contributed by atoms with Crippen molar-refractivity contribution < 1.29 is 5.11 Å². The van der Waals surface area contributed by atoms with Gasteiger partial charge in [0.05, 0.1) is 6.10 Å². The van der Waals surface area contributed by atoms with E-state index in [4.69, 9.17) is 0 Å². The van der Waals surface area contributed by atoms with Gasteiger partial charge in [0.25, 0.3) is 0 Å². The van der Waals surface area contributed by atoms with E-state index in [9.17, 15) is 5.11 Å². The van der Waals surface area contributed by atoms with Crippen LogP contribution in [0.3, 0.4) is 0 Å². The SMILES string of the molecule is C=C/C=C(\C=N/C)C(O)C1CPCN1. The van der Waals surface area contributed by atoms with Gasteiger partial charge in [-0.15, -0.1) is 8.58 Å². The third-order valence-electron chi connectivity index (χ3n) is 2.16. The molecule has 1 saturated heterocycles. The number of aliphatic hydroxyl groups is 1. The molecule has 1 fully saturated rings. The van der Waals surface area contributed by atoms with Crippen LogP contribution in [-0.2, 0) is 0 Å². The van der Waals surface area contributed by atoms with Crippen LogP contribution in [0.25, 0.3) is 0 Å². The lowest BCUT2D eigenvalue weighted by atomic mass is 10.0. The highest BCUT2D eigenvalue weighted by Gasteiger charge is 2.24. The summed E-state index contributed by atoms with van der Waals surface area (Å²) in [5, 5.41) is 13.3. The molecule has 0 radical (unpaired) electrons. The molecule has 0 aromatic rings. The van der Waals surface area contributed by atoms with E-state index < -0.39 is 6.10 Å². The predicted molar refractivity (Wildman–Crippen MR) is 63.7 cm³/mol. The first-order chi connectivity index (χ1) is 6.79. The first-order valence-corrected chi connectivity index (χ1v) is 6.08. The minimum absolute atomic E-state index is 0.178. The van der Waals surface area contributed by atoms with Crippen molar-refractivity contribution in [1.82, 2.24) is 5.32 Å². The summed E-state index contributed by atoms with van der Waals surface area (Å²) in [6.45, 7) is 3.62. The Bertz CT molecular complexity index is 245. The van der Waals surface area contributed by atoms with Crippen molar-refractivity contribution in [1.29, 1.82) is 0 Å². The van der Waals surface area contributed by atoms with Gasteiger partial charge in [-0.3, -0.25) is 4.99 Å². The number of hydrogen-bond acceptors (Lipinski definition) is 3. The number of aliphatic imine (C=N–C) groups is 1. The maximum Gasteiger partial charge on any atom is 0.0961 e. The van der Waals surface area contributed by atoms with Gasteiger partial charge in [-0.2, -0.15) is 0 Å². The van der Waals surface area contributed by atoms with E-state index in [1.807, 2.05) is 0 Å². The zero-order chi connectivity index (χ0) is 10.4. The average Bonchev–Trinajstić information content (AvgIpc) is 2.69. The van der Waals surface area contributed by atoms with Crippen LogP contribution >= 0.6 is 8.58 Å². The van der Waals surface area contributed by atoms with Crippen LogP contribution in [0.1, 0.15) is 0 Å². The van der Waals surface area contributed by atoms with Crippen molar-refractivity contribution in [2.45, 2.75) is 12.1 Å². The van der Waals surface area contributed by atoms with Gasteiger partial charge < -0.3 is 10.4 Å². The lowest BCUT2D eigenvalue weighted by Crippen LogP contribution is -2.38. The van der Waals surface area contributed by atoms with Gasteiger partial charge in [0.2, 0.25) is 0 Å². The van der Waals surface area contributed by atoms with Gasteiger partial charge in [-0.1, -0.05) is 18.7 Å². The molecule has 0 spiro atoms. The molecule has 14 heavy (non-hydrogen) atoms. The van der Waals surface area contributed by atoms with Crippen molar-refractivity contribution >= 4 is 14.8 Å². The van der Waals surface area contributed by atoms with Gasteiger partial charge in [0, 0.05) is 25.6 Å². The molecular formula is C10H17N2OP. The van der Waals surface area contributed by atoms with E-state index in [1.54, 1.807) is 25.4 Å². The summed E-state index contributed by atoms with van der Waals surface area (Å²) < 4.78 is 0. The first kappa shape index (κ1) is 11.6. The fourth-order valence-corrected chi connectivity index (χ4v) is 2.69. The summed E-state index contributed by atoms with van der Waals surface area (Å²) in [6, 6.07) is 0.178. The fraction of sp³-hybridized carbons (Fsp3) is 0.500. The summed E-state index contributed by atoms with van der Waals surface area (Å²) in [6.07, 6.45) is 6.78. The Kier molecular flexibility index (Phi) is 5.02. The molecule has 4 heteroatoms. The second-order valence-corrected chi connectivity index (χ2v) is 4.44. The van der Waals surface area contributed by atoms with E-state index in [0.717, 1.165) is 26.6 Å². The standard InChI is InChI=1S/C10H17N2OP/c1-3-4-8(5-11-2)10(13)9-6-14-7-12-9/h3-5,9-10,12-14H,1,6-7H2,2H3/b8-4+,11-5-. The quantitative estimate of drug-likeness (QED) is 0.410. The maximum atomic E-state index is 10.0. The van der Waals surface area contributed by atoms with E-state index in [-0.39, 0.29) is 6.04 Å². The number of nitrogens with one attached hydrogen (secondary N) is 1. The molecule has 3 unspecified atom stereocenters. The molecule has 0 aromatic heterocycles. The molecule has 0 amide bonds. The average molecular weight is 212 g/mol. The molecular weight excluding hydrogens is 195 g/mol. The lowest BCUT2D eigenvalue weighted by molar-refractivity contribution is 0.182. The van der Waals surface area contributed by atoms with E-state index >= 15 is 0 Å². The largest absolute Gasteiger partial charge is 0.387 e. The summed E-state index contributed by atoms with van der Waals surface area (Å²) in [4.78, 5) is 3.92. The second kappa shape index (κ2) is 6.07. The third kappa shape index (κ3) is 3.02. The lowest BCUT2D eigenvalue weighted by Gasteiger charge is -2.18. The molecule has 3 nitrogen and oxygen atoms in total. The minimum Gasteiger partial charge on any atom is -0.387 e. The monoisotopic (exact) mass is 212 g/mol. The Morgan fingerprint density at radius 2 is 2.57 bits per heavy atom. The Morgan fingerprint density at radius 3 is 3.07 bits per heavy atom. The highest BCUT2D eigenvalue weighted by Crippen LogP contribution is 2.21. The Hall–Kier alpha value is -0.500. The van der Waals surface area contributed by atoms with Crippen molar-refractivity contribution in [2.24, 2.45) is 4.99 Å². The van der Waals surface area contributed by atoms with E-state index in [0.29, 0.717) is 0 Å². The fourth-order valence-electron chi connectivity index (χ4n) is 1.46. The van der Waals surface area contributed by atoms with Gasteiger partial charge in [0.15, 0.2) is 0 Å². The normalized spacial score (nSPS) is 27.3. The van der Waals surface area contributed by atoms with Crippen LogP contribution in [0.15, 0.2) is 29.3 Å². The Labute approximate surface area is 86.8 Å². The summed E-state index contributed by atoms with van der Waals surface area (Å²) >= 11 is 0. The van der Waals surface area contributed by atoms with Gasteiger partial charge in [-0.05, 0) is 11.7 Å². The highest BCUT2D eigenvalue weighted by molar-refractivity contribution is 7.38. The van der Waals surface area contributed by atoms with Gasteiger partial charge >= 0.3 is 0 Å². The molecule has 2 N–H and O–H groups in total. The summed E-state index contributed by atoms with van der Waals surface area (Å²) in [5.41, 5.74) is 0.826. The van der Waals surface area contributed by atoms with Crippen LogP contribution in [0.5, 0.6) is 0 Å². The van der Waals surface area contributed by atoms with Crippen LogP contribution in [0.2, 0.25) is 0 Å². The predicted octanol–water partition coefficient (Wildman–Crippen LogP) is 0.768. The molecule has 1 rings (SSSR count). The molecule has 0 aromatic carbocycles. The summed E-state index contributed by atoms with van der Waals surface area (Å²) in [7, 11) is 2.61. The molecule has 1 aliphatic rings. The molecule has 1 heterocycles. The maximum absolute atomic E-state index is 10.0. The number of allylic oxidation sites excluding steroid dienone is 2. The smallest absolute Gasteiger partial charge is 0.0961 e. The van der Waals surface area contributed by atoms with Crippen molar-refractivity contribution in [2.75, 3.05) is 19.5 Å². The van der Waals surface area contributed by atoms with Gasteiger partial charge in [0.1, 0.15) is 0 Å². The Morgan fingerprint density at radius 1 is 1.79 bits per heavy atom. The van der Waals surface area contributed by atoms with Crippen molar-refractivity contribution in [3.05, 3.63) is 24.3 Å². The van der Waals surface area contributed by atoms with Crippen LogP contribution in [0.4, 0.5) is 0 Å². The molecule has 1 aliphatic heterocycles. The Balaban J connectivity index is 2.66. The van der Waals surface area contributed by atoms with Crippen LogP contribution in [-0.4, -0.2) is 43.0 Å². The van der Waals surface area contributed by atoms with Crippen LogP contribution < -0.4 is 5.32 Å².